The van der Waals surface area contributed by atoms with Crippen molar-refractivity contribution in [1.82, 2.24) is 0 Å². The summed E-state index contributed by atoms with van der Waals surface area (Å²) in [6, 6.07) is 39.6. The number of nitrogen functional groups attached to an aromatic ring is 1. The average Bonchev–Trinajstić information content (AvgIpc) is 1.15. The number of carbonyl (C=O) groups is 5. The highest BCUT2D eigenvalue weighted by atomic mass is 35.5. The molecule has 3 heterocycles. The largest absolute Gasteiger partial charge is 0.508 e. The number of aromatic hydroxyl groups is 3. The fourth-order valence-corrected chi connectivity index (χ4v) is 10.00. The summed E-state index contributed by atoms with van der Waals surface area (Å²) in [5.41, 5.74) is 19.3. The van der Waals surface area contributed by atoms with Gasteiger partial charge in [0, 0.05) is 108 Å². The fourth-order valence-electron chi connectivity index (χ4n) is 9.93. The average molecular weight is 1200 g/mol. The molecule has 3 aliphatic heterocycles. The molecular weight excluding hydrogens is 1160 g/mol. The van der Waals surface area contributed by atoms with Gasteiger partial charge in [-0.2, -0.15) is 0 Å². The number of rotatable bonds is 11. The number of carbonyl (C=O) groups excluding carboxylic acids is 2. The summed E-state index contributed by atoms with van der Waals surface area (Å²) >= 11 is 5.50. The van der Waals surface area contributed by atoms with Crippen molar-refractivity contribution in [1.29, 1.82) is 0 Å². The van der Waals surface area contributed by atoms with Gasteiger partial charge in [-0.3, -0.25) is 24.0 Å². The van der Waals surface area contributed by atoms with Gasteiger partial charge < -0.3 is 60.3 Å². The van der Waals surface area contributed by atoms with Gasteiger partial charge in [0.2, 0.25) is 11.8 Å². The highest BCUT2D eigenvalue weighted by molar-refractivity contribution is 6.29. The molecule has 0 unspecified atom stereocenters. The predicted molar refractivity (Wildman–Crippen MR) is 326 cm³/mol. The Hall–Kier alpha value is -12.5. The minimum absolute atomic E-state index is 0.000548. The number of hydrogen-bond acceptors (Lipinski definition) is 16. The number of fused-ring (bicyclic) bond motifs is 6. The van der Waals surface area contributed by atoms with Crippen LogP contribution < -0.4 is 32.7 Å². The van der Waals surface area contributed by atoms with Crippen molar-refractivity contribution < 1.29 is 67.9 Å². The van der Waals surface area contributed by atoms with E-state index < -0.39 is 36.3 Å². The maximum absolute atomic E-state index is 12.1. The summed E-state index contributed by atoms with van der Waals surface area (Å²) in [6.45, 7) is -0.433. The van der Waals surface area contributed by atoms with E-state index in [1.165, 1.54) is 103 Å². The van der Waals surface area contributed by atoms with Crippen LogP contribution in [-0.2, 0) is 9.59 Å². The van der Waals surface area contributed by atoms with E-state index in [9.17, 15) is 69.0 Å². The summed E-state index contributed by atoms with van der Waals surface area (Å²) in [5.74, 6) is -4.18. The number of alkyl halides is 1. The van der Waals surface area contributed by atoms with Gasteiger partial charge in [-0.25, -0.2) is 14.4 Å². The smallest absolute Gasteiger partial charge is 0.336 e. The first-order valence-electron chi connectivity index (χ1n) is 25.8. The zero-order valence-electron chi connectivity index (χ0n) is 45.0. The molecule has 6 aliphatic rings. The molecule has 24 heteroatoms. The molecule has 10 N–H and O–H groups in total. The molecule has 0 spiro atoms. The van der Waals surface area contributed by atoms with Crippen molar-refractivity contribution in [3.8, 4) is 84.6 Å². The van der Waals surface area contributed by atoms with Crippen LogP contribution in [0.5, 0.6) is 17.2 Å². The van der Waals surface area contributed by atoms with Gasteiger partial charge in [0.1, 0.15) is 63.7 Å². The maximum atomic E-state index is 12.1. The molecule has 436 valence electrons. The van der Waals surface area contributed by atoms with Gasteiger partial charge in [-0.1, -0.05) is 23.3 Å². The number of hydrogen-bond donors (Lipinski definition) is 9. The Kier molecular flexibility index (Phi) is 16.3. The molecule has 3 aliphatic carbocycles. The van der Waals surface area contributed by atoms with E-state index >= 15 is 0 Å². The van der Waals surface area contributed by atoms with E-state index in [0.29, 0.717) is 88.8 Å². The molecule has 0 saturated heterocycles. The van der Waals surface area contributed by atoms with Crippen molar-refractivity contribution in [3.05, 3.63) is 222 Å². The van der Waals surface area contributed by atoms with Crippen LogP contribution in [0.2, 0.25) is 0 Å². The molecule has 23 nitrogen and oxygen atoms in total. The Morgan fingerprint density at radius 2 is 0.795 bits per heavy atom. The summed E-state index contributed by atoms with van der Waals surface area (Å²) in [7, 11) is 0. The van der Waals surface area contributed by atoms with Crippen LogP contribution in [0.15, 0.2) is 197 Å². The van der Waals surface area contributed by atoms with E-state index in [-0.39, 0.29) is 84.6 Å². The first-order chi connectivity index (χ1) is 42.2. The lowest BCUT2D eigenvalue weighted by atomic mass is 9.90. The molecule has 0 radical (unpaired) electrons. The molecule has 0 bridgehead atoms. The first kappa shape index (κ1) is 58.7. The number of benzene rings is 9. The van der Waals surface area contributed by atoms with E-state index in [2.05, 4.69) is 20.7 Å². The standard InChI is InChI=1S/C22H14ClNO6.C22H14N4O6.C20H13NO5/c23-10-20(27)24-11-1-4-14(17(7-11)22(28)29)21-15-5-2-12(25)8-18(15)30-19-9-13(26)3-6-16(19)21;23-26-24-10-20(29)25-11-1-4-14(17(7-11)22(30)31)21-15-5-2-12(27)8-18(15)32-19-9-13(28)3-6-16(19)21;21-10-1-4-13(16(7-10)20(24)25)19-14-5-2-11(22)8-17(14)26-18-9-12(23)3-6-15(18)19/h1-9,25H,10H2,(H,24,27)(H,28,29);1-9,27H,10H2,(H,25,29)(H,30,31);1-9,22H,21H2,(H,24,25). The van der Waals surface area contributed by atoms with Crippen LogP contribution in [0.1, 0.15) is 31.1 Å². The summed E-state index contributed by atoms with van der Waals surface area (Å²) < 4.78 is 17.3. The summed E-state index contributed by atoms with van der Waals surface area (Å²) in [6.07, 6.45) is 0. The zero-order valence-corrected chi connectivity index (χ0v) is 45.7. The monoisotopic (exact) mass is 1200 g/mol. The van der Waals surface area contributed by atoms with Gasteiger partial charge in [-0.05, 0) is 131 Å². The number of phenols is 3. The number of azide groups is 1. The van der Waals surface area contributed by atoms with Crippen molar-refractivity contribution in [2.75, 3.05) is 28.8 Å². The van der Waals surface area contributed by atoms with Crippen molar-refractivity contribution in [2.24, 2.45) is 5.11 Å². The zero-order chi connectivity index (χ0) is 62.7. The second kappa shape index (κ2) is 24.4. The second-order valence-electron chi connectivity index (χ2n) is 19.3. The Morgan fingerprint density at radius 1 is 0.455 bits per heavy atom. The van der Waals surface area contributed by atoms with Crippen molar-refractivity contribution >= 4 is 91.3 Å². The lowest BCUT2D eigenvalue weighted by molar-refractivity contribution is -0.115. The molecule has 0 fully saturated rings. The first-order valence-corrected chi connectivity index (χ1v) is 26.4. The Labute approximate surface area is 497 Å². The Bertz CT molecular complexity index is 5010. The third-order valence-electron chi connectivity index (χ3n) is 13.6. The summed E-state index contributed by atoms with van der Waals surface area (Å²) in [4.78, 5) is 97.2. The number of nitrogens with two attached hydrogens (primary N) is 1. The maximum Gasteiger partial charge on any atom is 0.336 e. The highest BCUT2D eigenvalue weighted by Crippen LogP contribution is 2.46. The normalized spacial score (nSPS) is 10.9. The van der Waals surface area contributed by atoms with E-state index in [4.69, 9.17) is 36.1 Å². The number of carboxylic acid groups (broad SMARTS) is 3. The van der Waals surface area contributed by atoms with E-state index in [1.807, 2.05) is 0 Å². The van der Waals surface area contributed by atoms with Crippen LogP contribution >= 0.6 is 11.6 Å². The molecule has 2 amide bonds. The van der Waals surface area contributed by atoms with Crippen LogP contribution in [0.3, 0.4) is 0 Å². The Morgan fingerprint density at radius 3 is 1.15 bits per heavy atom. The number of aromatic carboxylic acids is 3. The fraction of sp³-hybridized carbons (Fsp3) is 0.0312. The highest BCUT2D eigenvalue weighted by Gasteiger charge is 2.26. The van der Waals surface area contributed by atoms with E-state index in [0.717, 1.165) is 0 Å². The van der Waals surface area contributed by atoms with E-state index in [1.54, 1.807) is 60.7 Å². The molecular formula is C64H41ClN6O17. The number of carboxylic acids is 3. The lowest BCUT2D eigenvalue weighted by Gasteiger charge is -2.17. The molecule has 0 atom stereocenters. The number of halogens is 1. The molecule has 0 saturated carbocycles. The molecule has 0 aromatic heterocycles. The molecule has 6 aromatic carbocycles. The van der Waals surface area contributed by atoms with Gasteiger partial charge in [0.15, 0.2) is 16.3 Å². The van der Waals surface area contributed by atoms with Crippen LogP contribution in [-0.4, -0.2) is 72.8 Å². The molecule has 6 aromatic rings. The topological polar surface area (TPSA) is 396 Å². The summed E-state index contributed by atoms with van der Waals surface area (Å²) in [5, 5.41) is 68.6. The SMILES string of the molecule is Nc1ccc(-c2c3ccc(=O)cc-3oc3cc(O)ccc23)c(C(=O)O)c1.O=C(CCl)Nc1ccc(-c2c3ccc(=O)cc-3oc3cc(O)ccc23)c(C(=O)O)c1.[N-]=[N+]=NCC(=O)Nc1ccc(-c2c3ccc(=O)cc-3oc3cc(O)ccc23)c(C(=O)O)c1. The molecule has 12 rings (SSSR count). The van der Waals surface area contributed by atoms with Crippen molar-refractivity contribution in [3.63, 3.8) is 0 Å². The van der Waals surface area contributed by atoms with Crippen molar-refractivity contribution in [2.45, 2.75) is 0 Å². The lowest BCUT2D eigenvalue weighted by Crippen LogP contribution is -2.15. The third kappa shape index (κ3) is 12.1. The number of nitrogens with one attached hydrogen (secondary N) is 2. The quantitative estimate of drug-likeness (QED) is 0.0145. The second-order valence-corrected chi connectivity index (χ2v) is 19.6. The predicted octanol–water partition coefficient (Wildman–Crippen LogP) is 11.9. The van der Waals surface area contributed by atoms with Gasteiger partial charge in [-0.15, -0.1) is 11.6 Å². The minimum Gasteiger partial charge on any atom is -0.508 e. The minimum atomic E-state index is -1.24. The number of nitrogens with zero attached hydrogens (tertiary/aromatic N) is 3. The Balaban J connectivity index is 0.000000147. The number of phenolic OH excluding ortho intramolecular Hbond substituents is 3. The van der Waals surface area contributed by atoms with Gasteiger partial charge in [0.05, 0.1) is 16.7 Å². The van der Waals surface area contributed by atoms with Crippen LogP contribution in [0, 0.1) is 0 Å². The number of amides is 2. The van der Waals surface area contributed by atoms with Gasteiger partial charge in [0.25, 0.3) is 0 Å². The van der Waals surface area contributed by atoms with Crippen LogP contribution in [0.4, 0.5) is 17.1 Å². The number of anilines is 3. The third-order valence-corrected chi connectivity index (χ3v) is 13.8. The molecule has 88 heavy (non-hydrogen) atoms. The van der Waals surface area contributed by atoms with Gasteiger partial charge >= 0.3 is 17.9 Å². The van der Waals surface area contributed by atoms with Crippen LogP contribution in [0.25, 0.3) is 111 Å².